The molecular formula is C27H29N5O3. The molecule has 8 heteroatoms. The predicted molar refractivity (Wildman–Crippen MR) is 137 cm³/mol. The largest absolute Gasteiger partial charge is 0.488 e. The fraction of sp³-hybridized carbons (Fsp3) is 0.333. The number of aromatic nitrogens is 2. The van der Waals surface area contributed by atoms with Gasteiger partial charge in [-0.3, -0.25) is 9.59 Å². The first-order valence-corrected chi connectivity index (χ1v) is 11.9. The number of rotatable bonds is 5. The molecule has 180 valence electrons. The number of carbonyl (C=O) groups is 2. The second-order valence-electron chi connectivity index (χ2n) is 9.14. The van der Waals surface area contributed by atoms with Crippen LogP contribution in [0.4, 0.5) is 28.8 Å². The van der Waals surface area contributed by atoms with Gasteiger partial charge >= 0.3 is 0 Å². The van der Waals surface area contributed by atoms with Crippen LogP contribution in [-0.4, -0.2) is 48.9 Å². The van der Waals surface area contributed by atoms with Gasteiger partial charge in [0.05, 0.1) is 29.2 Å². The van der Waals surface area contributed by atoms with Crippen molar-refractivity contribution in [1.29, 1.82) is 0 Å². The Labute approximate surface area is 205 Å². The number of amides is 1. The number of Topliss-reactive ketones (excluding diaryl/α,β-unsaturated/α-hetero) is 1. The maximum absolute atomic E-state index is 13.1. The molecule has 0 atom stereocenters. The molecule has 1 saturated carbocycles. The molecule has 3 aromatic rings. The molecule has 1 aromatic heterocycles. The molecule has 2 heterocycles. The van der Waals surface area contributed by atoms with Gasteiger partial charge in [0.1, 0.15) is 11.4 Å². The first kappa shape index (κ1) is 22.8. The van der Waals surface area contributed by atoms with Crippen LogP contribution in [-0.2, 0) is 0 Å². The zero-order chi connectivity index (χ0) is 24.7. The maximum Gasteiger partial charge on any atom is 0.260 e. The number of fused-ring (bicyclic) bond motifs is 2. The minimum Gasteiger partial charge on any atom is -0.488 e. The third-order valence-corrected chi connectivity index (χ3v) is 6.84. The molecule has 0 bridgehead atoms. The molecule has 5 rings (SSSR count). The molecule has 35 heavy (non-hydrogen) atoms. The van der Waals surface area contributed by atoms with Crippen LogP contribution in [0.5, 0.6) is 5.75 Å². The summed E-state index contributed by atoms with van der Waals surface area (Å²) in [6.07, 6.45) is 6.13. The molecule has 1 amide bonds. The van der Waals surface area contributed by atoms with Gasteiger partial charge in [-0.25, -0.2) is 4.98 Å². The van der Waals surface area contributed by atoms with Crippen LogP contribution in [0, 0.1) is 0 Å². The maximum atomic E-state index is 13.1. The van der Waals surface area contributed by atoms with Crippen molar-refractivity contribution in [3.63, 3.8) is 0 Å². The molecule has 1 aliphatic carbocycles. The number of hydrogen-bond donors (Lipinski definition) is 0. The highest BCUT2D eigenvalue weighted by atomic mass is 16.5. The van der Waals surface area contributed by atoms with E-state index >= 15 is 0 Å². The van der Waals surface area contributed by atoms with Gasteiger partial charge < -0.3 is 19.4 Å². The monoisotopic (exact) mass is 471 g/mol. The van der Waals surface area contributed by atoms with E-state index in [4.69, 9.17) is 9.72 Å². The van der Waals surface area contributed by atoms with Gasteiger partial charge in [-0.2, -0.15) is 4.98 Å². The van der Waals surface area contributed by atoms with Gasteiger partial charge in [0.25, 0.3) is 5.91 Å². The fourth-order valence-corrected chi connectivity index (χ4v) is 4.75. The van der Waals surface area contributed by atoms with Gasteiger partial charge in [-0.15, -0.1) is 0 Å². The Bertz CT molecular complexity index is 1300. The predicted octanol–water partition coefficient (Wildman–Crippen LogP) is 5.13. The van der Waals surface area contributed by atoms with Crippen molar-refractivity contribution in [3.05, 3.63) is 59.8 Å². The molecule has 1 fully saturated rings. The van der Waals surface area contributed by atoms with Crippen molar-refractivity contribution < 1.29 is 14.3 Å². The van der Waals surface area contributed by atoms with E-state index in [1.165, 1.54) is 0 Å². The standard InChI is InChI=1S/C27H29N5O3/c1-17(33)18-13-14-22(24(15-18)35-19-9-5-6-10-19)32(4)27-28-16-23-25(29-27)30(2)21-12-8-7-11-20(21)26(34)31(23)3/h7-8,11-16,19H,5-6,9-10H2,1-4H3. The van der Waals surface area contributed by atoms with E-state index in [0.717, 1.165) is 37.1 Å². The number of carbonyl (C=O) groups excluding carboxylic acids is 2. The smallest absolute Gasteiger partial charge is 0.260 e. The number of nitrogens with zero attached hydrogens (tertiary/aromatic N) is 5. The number of para-hydroxylation sites is 1. The Morgan fingerprint density at radius 3 is 2.54 bits per heavy atom. The van der Waals surface area contributed by atoms with E-state index in [0.29, 0.717) is 34.3 Å². The average Bonchev–Trinajstić information content (AvgIpc) is 3.37. The van der Waals surface area contributed by atoms with Crippen molar-refractivity contribution in [1.82, 2.24) is 9.97 Å². The van der Waals surface area contributed by atoms with E-state index < -0.39 is 0 Å². The van der Waals surface area contributed by atoms with Crippen molar-refractivity contribution in [2.75, 3.05) is 35.8 Å². The van der Waals surface area contributed by atoms with Gasteiger partial charge in [0, 0.05) is 26.7 Å². The lowest BCUT2D eigenvalue weighted by Crippen LogP contribution is -2.26. The van der Waals surface area contributed by atoms with Crippen LogP contribution >= 0.6 is 0 Å². The molecule has 1 aliphatic heterocycles. The first-order valence-electron chi connectivity index (χ1n) is 11.9. The lowest BCUT2D eigenvalue weighted by Gasteiger charge is -2.26. The third-order valence-electron chi connectivity index (χ3n) is 6.84. The Kier molecular flexibility index (Phi) is 5.88. The van der Waals surface area contributed by atoms with Crippen LogP contribution in [0.3, 0.4) is 0 Å². The second kappa shape index (κ2) is 9.02. The summed E-state index contributed by atoms with van der Waals surface area (Å²) in [6.45, 7) is 1.55. The number of ether oxygens (including phenoxy) is 1. The molecule has 2 aromatic carbocycles. The van der Waals surface area contributed by atoms with Crippen LogP contribution in [0.1, 0.15) is 53.3 Å². The van der Waals surface area contributed by atoms with Gasteiger partial charge in [-0.05, 0) is 62.9 Å². The molecule has 0 saturated heterocycles. The molecule has 0 N–H and O–H groups in total. The van der Waals surface area contributed by atoms with Gasteiger partial charge in [0.15, 0.2) is 11.6 Å². The Hall–Kier alpha value is -3.94. The molecule has 8 nitrogen and oxygen atoms in total. The number of benzene rings is 2. The molecular weight excluding hydrogens is 442 g/mol. The minimum atomic E-state index is -0.108. The third kappa shape index (κ3) is 4.09. The lowest BCUT2D eigenvalue weighted by molar-refractivity contribution is 0.0991. The summed E-state index contributed by atoms with van der Waals surface area (Å²) in [6, 6.07) is 13.0. The van der Waals surface area contributed by atoms with Crippen LogP contribution < -0.4 is 19.4 Å². The summed E-state index contributed by atoms with van der Waals surface area (Å²) >= 11 is 0. The molecule has 0 radical (unpaired) electrons. The summed E-state index contributed by atoms with van der Waals surface area (Å²) < 4.78 is 6.36. The molecule has 2 aliphatic rings. The normalized spacial score (nSPS) is 15.5. The average molecular weight is 472 g/mol. The SMILES string of the molecule is CC(=O)c1ccc(N(C)c2ncc3c(n2)N(C)c2ccccc2C(=O)N3C)c(OC2CCCC2)c1. The summed E-state index contributed by atoms with van der Waals surface area (Å²) in [5.41, 5.74) is 3.40. The fourth-order valence-electron chi connectivity index (χ4n) is 4.75. The second-order valence-corrected chi connectivity index (χ2v) is 9.14. The zero-order valence-electron chi connectivity index (χ0n) is 20.5. The van der Waals surface area contributed by atoms with Crippen molar-refractivity contribution in [3.8, 4) is 5.75 Å². The topological polar surface area (TPSA) is 78.9 Å². The van der Waals surface area contributed by atoms with Crippen molar-refractivity contribution in [2.24, 2.45) is 0 Å². The zero-order valence-corrected chi connectivity index (χ0v) is 20.5. The van der Waals surface area contributed by atoms with Gasteiger partial charge in [-0.1, -0.05) is 12.1 Å². The Morgan fingerprint density at radius 1 is 1.06 bits per heavy atom. The minimum absolute atomic E-state index is 0.00949. The number of anilines is 5. The summed E-state index contributed by atoms with van der Waals surface area (Å²) in [4.78, 5) is 39.9. The van der Waals surface area contributed by atoms with E-state index in [9.17, 15) is 9.59 Å². The van der Waals surface area contributed by atoms with Crippen LogP contribution in [0.15, 0.2) is 48.7 Å². The summed E-state index contributed by atoms with van der Waals surface area (Å²) in [5, 5.41) is 0. The lowest BCUT2D eigenvalue weighted by atomic mass is 10.1. The number of hydrogen-bond acceptors (Lipinski definition) is 7. The highest BCUT2D eigenvalue weighted by molar-refractivity contribution is 6.13. The molecule has 0 unspecified atom stereocenters. The van der Waals surface area contributed by atoms with Gasteiger partial charge in [0.2, 0.25) is 5.95 Å². The van der Waals surface area contributed by atoms with E-state index in [1.54, 1.807) is 31.1 Å². The van der Waals surface area contributed by atoms with Crippen LogP contribution in [0.25, 0.3) is 0 Å². The first-order chi connectivity index (χ1) is 16.8. The van der Waals surface area contributed by atoms with E-state index in [-0.39, 0.29) is 17.8 Å². The van der Waals surface area contributed by atoms with E-state index in [1.807, 2.05) is 60.3 Å². The Balaban J connectivity index is 1.56. The molecule has 0 spiro atoms. The summed E-state index contributed by atoms with van der Waals surface area (Å²) in [7, 11) is 5.51. The Morgan fingerprint density at radius 2 is 1.80 bits per heavy atom. The number of ketones is 1. The van der Waals surface area contributed by atoms with Crippen LogP contribution in [0.2, 0.25) is 0 Å². The summed E-state index contributed by atoms with van der Waals surface area (Å²) in [5.74, 6) is 1.62. The highest BCUT2D eigenvalue weighted by Crippen LogP contribution is 2.40. The highest BCUT2D eigenvalue weighted by Gasteiger charge is 2.29. The van der Waals surface area contributed by atoms with E-state index in [2.05, 4.69) is 4.98 Å². The van der Waals surface area contributed by atoms with Crippen molar-refractivity contribution >= 4 is 40.5 Å². The van der Waals surface area contributed by atoms with Crippen molar-refractivity contribution in [2.45, 2.75) is 38.7 Å². The quantitative estimate of drug-likeness (QED) is 0.478.